The fourth-order valence-corrected chi connectivity index (χ4v) is 4.35. The summed E-state index contributed by atoms with van der Waals surface area (Å²) >= 11 is 0. The predicted octanol–water partition coefficient (Wildman–Crippen LogP) is 2.22. The van der Waals surface area contributed by atoms with Gasteiger partial charge in [-0.15, -0.1) is 0 Å². The number of Topliss-reactive ketones (excluding diaryl/α,β-unsaturated/α-hetero) is 1. The van der Waals surface area contributed by atoms with E-state index in [4.69, 9.17) is 9.05 Å². The van der Waals surface area contributed by atoms with Crippen LogP contribution in [0.4, 0.5) is 0 Å². The van der Waals surface area contributed by atoms with E-state index >= 15 is 0 Å². The van der Waals surface area contributed by atoms with E-state index in [0.717, 1.165) is 0 Å². The highest BCUT2D eigenvalue weighted by Crippen LogP contribution is 2.66. The van der Waals surface area contributed by atoms with Crippen molar-refractivity contribution in [3.8, 4) is 0 Å². The van der Waals surface area contributed by atoms with Crippen LogP contribution < -0.4 is 0 Å². The summed E-state index contributed by atoms with van der Waals surface area (Å²) in [5.74, 6) is -0.543. The van der Waals surface area contributed by atoms with E-state index in [1.807, 2.05) is 0 Å². The third-order valence-electron chi connectivity index (χ3n) is 3.13. The number of hydrogen-bond acceptors (Lipinski definition) is 5. The van der Waals surface area contributed by atoms with Crippen molar-refractivity contribution in [3.63, 3.8) is 0 Å². The van der Waals surface area contributed by atoms with Gasteiger partial charge in [-0.1, -0.05) is 24.3 Å². The maximum absolute atomic E-state index is 12.8. The molecule has 0 radical (unpaired) electrons. The number of hydrogen-bond donors (Lipinski definition) is 1. The number of rotatable bonds is 5. The quantitative estimate of drug-likeness (QED) is 0.839. The fraction of sp³-hybridized carbons (Fsp3) is 0.462. The second kappa shape index (κ2) is 5.17. The molecule has 19 heavy (non-hydrogen) atoms. The number of benzene rings is 1. The number of fused-ring (bicyclic) bond motifs is 1. The van der Waals surface area contributed by atoms with Crippen LogP contribution in [0.1, 0.15) is 25.0 Å². The SMILES string of the molecule is CCOP(=O)(OCC)C1(O)C(=O)Cc2ccccc21. The molecule has 0 heterocycles. The minimum Gasteiger partial charge on any atom is -0.367 e. The number of carbonyl (C=O) groups is 1. The molecule has 1 unspecified atom stereocenters. The summed E-state index contributed by atoms with van der Waals surface area (Å²) in [7, 11) is -3.96. The Kier molecular flexibility index (Phi) is 3.92. The number of ketones is 1. The van der Waals surface area contributed by atoms with Gasteiger partial charge in [0.25, 0.3) is 5.34 Å². The number of carbonyl (C=O) groups excluding carboxylic acids is 1. The lowest BCUT2D eigenvalue weighted by molar-refractivity contribution is -0.130. The van der Waals surface area contributed by atoms with Crippen LogP contribution in [0.5, 0.6) is 0 Å². The zero-order valence-corrected chi connectivity index (χ0v) is 11.9. The zero-order valence-electron chi connectivity index (χ0n) is 11.0. The van der Waals surface area contributed by atoms with Gasteiger partial charge in [-0.3, -0.25) is 9.36 Å². The van der Waals surface area contributed by atoms with Crippen molar-refractivity contribution in [2.24, 2.45) is 0 Å². The minimum atomic E-state index is -3.96. The van der Waals surface area contributed by atoms with Crippen LogP contribution in [0.2, 0.25) is 0 Å². The molecule has 0 aromatic heterocycles. The van der Waals surface area contributed by atoms with E-state index in [0.29, 0.717) is 11.1 Å². The zero-order chi connectivity index (χ0) is 14.1. The van der Waals surface area contributed by atoms with E-state index in [-0.39, 0.29) is 19.6 Å². The average molecular weight is 284 g/mol. The molecule has 2 rings (SSSR count). The van der Waals surface area contributed by atoms with Gasteiger partial charge in [-0.05, 0) is 19.4 Å². The highest BCUT2D eigenvalue weighted by Gasteiger charge is 2.60. The van der Waals surface area contributed by atoms with Crippen LogP contribution in [-0.2, 0) is 30.2 Å². The molecular weight excluding hydrogens is 267 g/mol. The maximum Gasteiger partial charge on any atom is 0.374 e. The van der Waals surface area contributed by atoms with Gasteiger partial charge in [0.05, 0.1) is 13.2 Å². The summed E-state index contributed by atoms with van der Waals surface area (Å²) < 4.78 is 23.1. The summed E-state index contributed by atoms with van der Waals surface area (Å²) in [6.45, 7) is 3.46. The predicted molar refractivity (Wildman–Crippen MR) is 69.9 cm³/mol. The van der Waals surface area contributed by atoms with Gasteiger partial charge < -0.3 is 14.2 Å². The summed E-state index contributed by atoms with van der Waals surface area (Å²) in [6.07, 6.45) is 0.0385. The van der Waals surface area contributed by atoms with Gasteiger partial charge in [0, 0.05) is 12.0 Å². The molecule has 104 valence electrons. The van der Waals surface area contributed by atoms with Crippen molar-refractivity contribution in [3.05, 3.63) is 35.4 Å². The van der Waals surface area contributed by atoms with Crippen LogP contribution in [0.3, 0.4) is 0 Å². The molecule has 1 aromatic carbocycles. The van der Waals surface area contributed by atoms with E-state index in [1.54, 1.807) is 38.1 Å². The Bertz CT molecular complexity index is 532. The molecule has 0 saturated heterocycles. The molecular formula is C13H17O5P. The molecule has 5 nitrogen and oxygen atoms in total. The van der Waals surface area contributed by atoms with Crippen LogP contribution in [0, 0.1) is 0 Å². The van der Waals surface area contributed by atoms with Crippen molar-refractivity contribution in [1.82, 2.24) is 0 Å². The molecule has 0 bridgehead atoms. The lowest BCUT2D eigenvalue weighted by Gasteiger charge is -2.30. The first-order valence-corrected chi connectivity index (χ1v) is 7.77. The molecule has 1 aliphatic rings. The maximum atomic E-state index is 12.8. The monoisotopic (exact) mass is 284 g/mol. The smallest absolute Gasteiger partial charge is 0.367 e. The first-order valence-electron chi connectivity index (χ1n) is 6.23. The van der Waals surface area contributed by atoms with E-state index in [2.05, 4.69) is 0 Å². The van der Waals surface area contributed by atoms with Crippen molar-refractivity contribution in [1.29, 1.82) is 0 Å². The third kappa shape index (κ3) is 2.07. The molecule has 1 N–H and O–H groups in total. The molecule has 6 heteroatoms. The Hall–Kier alpha value is -1.00. The largest absolute Gasteiger partial charge is 0.374 e. The lowest BCUT2D eigenvalue weighted by atomic mass is 10.1. The van der Waals surface area contributed by atoms with Crippen molar-refractivity contribution < 1.29 is 23.5 Å². The normalized spacial score (nSPS) is 22.6. The topological polar surface area (TPSA) is 72.8 Å². The molecule has 0 spiro atoms. The van der Waals surface area contributed by atoms with Gasteiger partial charge in [0.15, 0.2) is 5.78 Å². The second-order valence-corrected chi connectivity index (χ2v) is 6.42. The van der Waals surface area contributed by atoms with Crippen molar-refractivity contribution in [2.75, 3.05) is 13.2 Å². The van der Waals surface area contributed by atoms with Gasteiger partial charge in [0.1, 0.15) is 0 Å². The van der Waals surface area contributed by atoms with Crippen molar-refractivity contribution >= 4 is 13.4 Å². The van der Waals surface area contributed by atoms with E-state index in [9.17, 15) is 14.5 Å². The molecule has 0 fully saturated rings. The molecule has 0 saturated carbocycles. The third-order valence-corrected chi connectivity index (χ3v) is 5.61. The Balaban J connectivity index is 2.57. The van der Waals surface area contributed by atoms with Gasteiger partial charge in [-0.2, -0.15) is 0 Å². The summed E-state index contributed by atoms with van der Waals surface area (Å²) in [5, 5.41) is 8.55. The standard InChI is InChI=1S/C13H17O5P/c1-3-17-19(16,18-4-2)13(15)11-8-6-5-7-10(11)9-12(13)14/h5-8,15H,3-4,9H2,1-2H3. The molecule has 1 aliphatic carbocycles. The van der Waals surface area contributed by atoms with Crippen LogP contribution in [-0.4, -0.2) is 24.1 Å². The van der Waals surface area contributed by atoms with Crippen LogP contribution in [0.15, 0.2) is 24.3 Å². The molecule has 1 aromatic rings. The molecule has 0 aliphatic heterocycles. The summed E-state index contributed by atoms with van der Waals surface area (Å²) in [5.41, 5.74) is 0.986. The number of aliphatic hydroxyl groups is 1. The first-order chi connectivity index (χ1) is 8.99. The van der Waals surface area contributed by atoms with Gasteiger partial charge >= 0.3 is 7.60 Å². The Morgan fingerprint density at radius 1 is 1.26 bits per heavy atom. The van der Waals surface area contributed by atoms with E-state index in [1.165, 1.54) is 0 Å². The second-order valence-electron chi connectivity index (χ2n) is 4.26. The Morgan fingerprint density at radius 2 is 1.84 bits per heavy atom. The highest BCUT2D eigenvalue weighted by atomic mass is 31.2. The Labute approximate surface area is 112 Å². The summed E-state index contributed by atoms with van der Waals surface area (Å²) in [6, 6.07) is 6.77. The highest BCUT2D eigenvalue weighted by molar-refractivity contribution is 7.56. The first kappa shape index (κ1) is 14.4. The van der Waals surface area contributed by atoms with Crippen LogP contribution in [0.25, 0.3) is 0 Å². The minimum absolute atomic E-state index is 0.0385. The van der Waals surface area contributed by atoms with Crippen LogP contribution >= 0.6 is 7.60 Å². The van der Waals surface area contributed by atoms with Gasteiger partial charge in [-0.25, -0.2) is 0 Å². The lowest BCUT2D eigenvalue weighted by Crippen LogP contribution is -2.33. The molecule has 0 amide bonds. The fourth-order valence-electron chi connectivity index (χ4n) is 2.33. The van der Waals surface area contributed by atoms with Gasteiger partial charge in [0.2, 0.25) is 0 Å². The summed E-state index contributed by atoms with van der Waals surface area (Å²) in [4.78, 5) is 12.2. The van der Waals surface area contributed by atoms with E-state index < -0.39 is 18.7 Å². The van der Waals surface area contributed by atoms with Crippen molar-refractivity contribution in [2.45, 2.75) is 25.6 Å². The Morgan fingerprint density at radius 3 is 2.42 bits per heavy atom. The molecule has 1 atom stereocenters. The average Bonchev–Trinajstić information content (AvgIpc) is 2.64.